The molecule has 26 heavy (non-hydrogen) atoms. The van der Waals surface area contributed by atoms with Crippen molar-refractivity contribution in [3.05, 3.63) is 77.4 Å². The van der Waals surface area contributed by atoms with E-state index in [1.807, 2.05) is 31.2 Å². The minimum Gasteiger partial charge on any atom is -0.392 e. The topological polar surface area (TPSA) is 37.3 Å². The van der Waals surface area contributed by atoms with Crippen molar-refractivity contribution >= 4 is 11.9 Å². The second-order valence-corrected chi connectivity index (χ2v) is 6.26. The van der Waals surface area contributed by atoms with Crippen molar-refractivity contribution in [3.8, 4) is 0 Å². The van der Waals surface area contributed by atoms with Gasteiger partial charge in [0, 0.05) is 12.0 Å². The molecule has 2 nitrogen and oxygen atoms in total. The summed E-state index contributed by atoms with van der Waals surface area (Å²) in [5.41, 5.74) is 2.14. The first kappa shape index (κ1) is 19.9. The van der Waals surface area contributed by atoms with Gasteiger partial charge in [0.25, 0.3) is 0 Å². The van der Waals surface area contributed by atoms with E-state index in [9.17, 15) is 23.1 Å². The molecule has 2 atom stereocenters. The van der Waals surface area contributed by atoms with E-state index in [2.05, 4.69) is 0 Å². The average molecular weight is 362 g/mol. The second-order valence-electron chi connectivity index (χ2n) is 6.26. The quantitative estimate of drug-likeness (QED) is 0.687. The third-order valence-corrected chi connectivity index (χ3v) is 4.15. The van der Waals surface area contributed by atoms with E-state index in [-0.39, 0.29) is 6.42 Å². The molecule has 2 rings (SSSR count). The summed E-state index contributed by atoms with van der Waals surface area (Å²) in [6.07, 6.45) is -4.35. The fraction of sp³-hybridized carbons (Fsp3) is 0.286. The molecule has 2 aromatic carbocycles. The van der Waals surface area contributed by atoms with Crippen molar-refractivity contribution in [1.82, 2.24) is 0 Å². The number of hydrogen-bond acceptors (Lipinski definition) is 2. The number of carbonyl (C=O) groups is 1. The molecule has 0 bridgehead atoms. The van der Waals surface area contributed by atoms with E-state index in [0.29, 0.717) is 5.56 Å². The smallest absolute Gasteiger partial charge is 0.392 e. The van der Waals surface area contributed by atoms with Gasteiger partial charge < -0.3 is 5.11 Å². The maximum absolute atomic E-state index is 13.3. The van der Waals surface area contributed by atoms with Crippen LogP contribution in [0, 0.1) is 12.8 Å². The predicted octanol–water partition coefficient (Wildman–Crippen LogP) is 5.21. The molecule has 2 aromatic rings. The van der Waals surface area contributed by atoms with Gasteiger partial charge in [-0.3, -0.25) is 4.79 Å². The number of rotatable bonds is 7. The fourth-order valence-corrected chi connectivity index (χ4v) is 2.61. The van der Waals surface area contributed by atoms with Crippen LogP contribution in [0.2, 0.25) is 0 Å². The Morgan fingerprint density at radius 1 is 1.08 bits per heavy atom. The molecule has 0 aromatic heterocycles. The second kappa shape index (κ2) is 8.81. The first-order valence-corrected chi connectivity index (χ1v) is 8.33. The van der Waals surface area contributed by atoms with Crippen LogP contribution in [0.25, 0.3) is 6.08 Å². The Kier molecular flexibility index (Phi) is 6.75. The molecule has 0 aliphatic carbocycles. The summed E-state index contributed by atoms with van der Waals surface area (Å²) in [6, 6.07) is 15.4. The van der Waals surface area contributed by atoms with Gasteiger partial charge in [-0.2, -0.15) is 13.2 Å². The Balaban J connectivity index is 2.04. The summed E-state index contributed by atoms with van der Waals surface area (Å²) < 4.78 is 39.9. The van der Waals surface area contributed by atoms with E-state index in [1.165, 1.54) is 18.2 Å². The summed E-state index contributed by atoms with van der Waals surface area (Å²) in [6.45, 7) is 1.92. The number of hydrogen-bond donors (Lipinski definition) is 1. The molecule has 0 aliphatic rings. The maximum atomic E-state index is 13.3. The van der Waals surface area contributed by atoms with Gasteiger partial charge in [-0.05, 0) is 18.9 Å². The summed E-state index contributed by atoms with van der Waals surface area (Å²) in [7, 11) is 0. The highest BCUT2D eigenvalue weighted by Gasteiger charge is 2.43. The Labute approximate surface area is 151 Å². The van der Waals surface area contributed by atoms with E-state index in [1.54, 1.807) is 24.3 Å². The van der Waals surface area contributed by atoms with Gasteiger partial charge in [0.2, 0.25) is 0 Å². The van der Waals surface area contributed by atoms with Crippen molar-refractivity contribution < 1.29 is 23.1 Å². The van der Waals surface area contributed by atoms with Gasteiger partial charge in [-0.15, -0.1) is 0 Å². The third kappa shape index (κ3) is 5.85. The lowest BCUT2D eigenvalue weighted by atomic mass is 9.92. The first-order valence-electron chi connectivity index (χ1n) is 8.33. The molecule has 0 fully saturated rings. The molecule has 5 heteroatoms. The van der Waals surface area contributed by atoms with Gasteiger partial charge in [0.15, 0.2) is 5.78 Å². The van der Waals surface area contributed by atoms with Crippen molar-refractivity contribution in [2.24, 2.45) is 5.92 Å². The highest BCUT2D eigenvalue weighted by Crippen LogP contribution is 2.33. The van der Waals surface area contributed by atoms with Crippen LogP contribution in [0.15, 0.2) is 60.7 Å². The van der Waals surface area contributed by atoms with Gasteiger partial charge in [0.05, 0.1) is 12.0 Å². The summed E-state index contributed by atoms with van der Waals surface area (Å²) >= 11 is 0. The monoisotopic (exact) mass is 362 g/mol. The zero-order valence-electron chi connectivity index (χ0n) is 14.4. The SMILES string of the molecule is Cc1ccc(/C=C/CC(C(O)CC(=O)c2ccccc2)C(F)(F)F)cc1. The number of allylic oxidation sites excluding steroid dienone is 1. The molecule has 2 unspecified atom stereocenters. The van der Waals surface area contributed by atoms with E-state index in [4.69, 9.17) is 0 Å². The lowest BCUT2D eigenvalue weighted by Crippen LogP contribution is -2.35. The number of alkyl halides is 3. The van der Waals surface area contributed by atoms with Crippen LogP contribution in [0.4, 0.5) is 13.2 Å². The Morgan fingerprint density at radius 2 is 1.69 bits per heavy atom. The summed E-state index contributed by atoms with van der Waals surface area (Å²) in [5.74, 6) is -2.49. The van der Waals surface area contributed by atoms with E-state index >= 15 is 0 Å². The molecule has 0 amide bonds. The number of aryl methyl sites for hydroxylation is 1. The van der Waals surface area contributed by atoms with Gasteiger partial charge in [-0.25, -0.2) is 0 Å². The van der Waals surface area contributed by atoms with Crippen LogP contribution in [0.5, 0.6) is 0 Å². The maximum Gasteiger partial charge on any atom is 0.394 e. The highest BCUT2D eigenvalue weighted by molar-refractivity contribution is 5.96. The van der Waals surface area contributed by atoms with Crippen LogP contribution >= 0.6 is 0 Å². The fourth-order valence-electron chi connectivity index (χ4n) is 2.61. The van der Waals surface area contributed by atoms with Gasteiger partial charge in [0.1, 0.15) is 0 Å². The molecular formula is C21H21F3O2. The Bertz CT molecular complexity index is 734. The largest absolute Gasteiger partial charge is 0.394 e. The average Bonchev–Trinajstić information content (AvgIpc) is 2.59. The Morgan fingerprint density at radius 3 is 2.27 bits per heavy atom. The molecule has 0 spiro atoms. The zero-order valence-corrected chi connectivity index (χ0v) is 14.4. The number of Topliss-reactive ketones (excluding diaryl/α,β-unsaturated/α-hetero) is 1. The van der Waals surface area contributed by atoms with Crippen LogP contribution in [0.3, 0.4) is 0 Å². The molecular weight excluding hydrogens is 341 g/mol. The number of benzene rings is 2. The molecule has 0 saturated carbocycles. The van der Waals surface area contributed by atoms with Crippen molar-refractivity contribution in [2.45, 2.75) is 32.0 Å². The predicted molar refractivity (Wildman–Crippen MR) is 95.8 cm³/mol. The van der Waals surface area contributed by atoms with Gasteiger partial charge >= 0.3 is 6.18 Å². The summed E-state index contributed by atoms with van der Waals surface area (Å²) in [4.78, 5) is 12.1. The minimum atomic E-state index is -4.59. The van der Waals surface area contributed by atoms with Crippen molar-refractivity contribution in [3.63, 3.8) is 0 Å². The molecule has 0 saturated heterocycles. The van der Waals surface area contributed by atoms with Crippen molar-refractivity contribution in [1.29, 1.82) is 0 Å². The summed E-state index contributed by atoms with van der Waals surface area (Å²) in [5, 5.41) is 10.0. The van der Waals surface area contributed by atoms with E-state index < -0.39 is 30.4 Å². The first-order chi connectivity index (χ1) is 12.3. The van der Waals surface area contributed by atoms with Gasteiger partial charge in [-0.1, -0.05) is 72.3 Å². The van der Waals surface area contributed by atoms with Crippen LogP contribution in [-0.2, 0) is 0 Å². The number of aliphatic hydroxyl groups is 1. The molecule has 1 N–H and O–H groups in total. The molecule has 138 valence electrons. The number of aliphatic hydroxyl groups excluding tert-OH is 1. The third-order valence-electron chi connectivity index (χ3n) is 4.15. The zero-order chi connectivity index (χ0) is 19.2. The number of ketones is 1. The van der Waals surface area contributed by atoms with Crippen LogP contribution < -0.4 is 0 Å². The molecule has 0 aliphatic heterocycles. The lowest BCUT2D eigenvalue weighted by molar-refractivity contribution is -0.198. The Hall–Kier alpha value is -2.40. The van der Waals surface area contributed by atoms with Crippen LogP contribution in [-0.4, -0.2) is 23.2 Å². The standard InChI is InChI=1S/C21H21F3O2/c1-15-10-12-16(13-11-15)6-5-9-18(21(22,23)24)20(26)14-19(25)17-7-3-2-4-8-17/h2-8,10-13,18,20,26H,9,14H2,1H3/b6-5+. The lowest BCUT2D eigenvalue weighted by Gasteiger charge is -2.24. The molecule has 0 heterocycles. The number of carbonyl (C=O) groups excluding carboxylic acids is 1. The van der Waals surface area contributed by atoms with Crippen LogP contribution in [0.1, 0.15) is 34.3 Å². The molecule has 0 radical (unpaired) electrons. The minimum absolute atomic E-state index is 0.294. The normalized spacial score (nSPS) is 14.3. The van der Waals surface area contributed by atoms with E-state index in [0.717, 1.165) is 11.1 Å². The number of halogens is 3. The van der Waals surface area contributed by atoms with Crippen molar-refractivity contribution in [2.75, 3.05) is 0 Å². The highest BCUT2D eigenvalue weighted by atomic mass is 19.4.